The van der Waals surface area contributed by atoms with Crippen LogP contribution in [0.25, 0.3) is 4.96 Å². The summed E-state index contributed by atoms with van der Waals surface area (Å²) in [5.74, 6) is -0.355. The lowest BCUT2D eigenvalue weighted by atomic mass is 10.2. The van der Waals surface area contributed by atoms with Gasteiger partial charge in [-0.2, -0.15) is 0 Å². The number of fused-ring (bicyclic) bond motifs is 1. The predicted octanol–water partition coefficient (Wildman–Crippen LogP) is 4.03. The second-order valence-electron chi connectivity index (χ2n) is 6.33. The van der Waals surface area contributed by atoms with Gasteiger partial charge in [-0.1, -0.05) is 12.1 Å². The molecule has 1 N–H and O–H groups in total. The molecule has 0 spiro atoms. The topological polar surface area (TPSA) is 72.7 Å². The molecule has 0 aliphatic rings. The molecule has 29 heavy (non-hydrogen) atoms. The summed E-state index contributed by atoms with van der Waals surface area (Å²) in [6.45, 7) is 1.99. The van der Waals surface area contributed by atoms with E-state index in [9.17, 15) is 14.0 Å². The number of aryl methyl sites for hydroxylation is 1. The summed E-state index contributed by atoms with van der Waals surface area (Å²) < 4.78 is 20.4. The quantitative estimate of drug-likeness (QED) is 0.540. The van der Waals surface area contributed by atoms with Crippen molar-refractivity contribution < 1.29 is 13.9 Å². The van der Waals surface area contributed by atoms with E-state index in [0.29, 0.717) is 27.7 Å². The maximum absolute atomic E-state index is 13.0. The number of aromatic nitrogens is 2. The average Bonchev–Trinajstić information content (AvgIpc) is 3.08. The molecule has 0 bridgehead atoms. The normalized spacial score (nSPS) is 10.8. The van der Waals surface area contributed by atoms with Crippen LogP contribution in [0.3, 0.4) is 0 Å². The first-order valence-corrected chi connectivity index (χ1v) is 9.59. The highest BCUT2D eigenvalue weighted by Gasteiger charge is 2.11. The van der Waals surface area contributed by atoms with Gasteiger partial charge in [0.2, 0.25) is 0 Å². The third-order valence-electron chi connectivity index (χ3n) is 4.15. The monoisotopic (exact) mass is 409 g/mol. The zero-order valence-electron chi connectivity index (χ0n) is 15.4. The predicted molar refractivity (Wildman–Crippen MR) is 109 cm³/mol. The van der Waals surface area contributed by atoms with E-state index in [1.807, 2.05) is 6.92 Å². The van der Waals surface area contributed by atoms with Crippen molar-refractivity contribution in [1.29, 1.82) is 0 Å². The molecule has 0 atom stereocenters. The molecule has 0 unspecified atom stereocenters. The first kappa shape index (κ1) is 18.8. The van der Waals surface area contributed by atoms with Crippen LogP contribution in [0, 0.1) is 12.7 Å². The summed E-state index contributed by atoms with van der Waals surface area (Å²) in [5.41, 5.74) is 1.12. The number of thiazole rings is 1. The van der Waals surface area contributed by atoms with Crippen LogP contribution < -0.4 is 15.6 Å². The Labute approximate surface area is 169 Å². The van der Waals surface area contributed by atoms with Gasteiger partial charge in [0.05, 0.1) is 11.4 Å². The molecule has 2 aromatic heterocycles. The van der Waals surface area contributed by atoms with Gasteiger partial charge >= 0.3 is 0 Å². The minimum Gasteiger partial charge on any atom is -0.485 e. The number of nitrogens with zero attached hydrogens (tertiary/aromatic N) is 2. The Hall–Kier alpha value is -3.52. The van der Waals surface area contributed by atoms with E-state index >= 15 is 0 Å². The summed E-state index contributed by atoms with van der Waals surface area (Å²) in [4.78, 5) is 30.7. The van der Waals surface area contributed by atoms with Gasteiger partial charge in [0.1, 0.15) is 18.2 Å². The molecule has 4 rings (SSSR count). The molecule has 2 heterocycles. The zero-order chi connectivity index (χ0) is 20.4. The second kappa shape index (κ2) is 7.84. The first-order chi connectivity index (χ1) is 14.0. The van der Waals surface area contributed by atoms with Crippen molar-refractivity contribution in [2.45, 2.75) is 13.5 Å². The van der Waals surface area contributed by atoms with Crippen LogP contribution in [0.15, 0.2) is 65.6 Å². The Morgan fingerprint density at radius 1 is 1.21 bits per heavy atom. The Bertz CT molecular complexity index is 1250. The lowest BCUT2D eigenvalue weighted by Gasteiger charge is -2.12. The molecule has 6 nitrogen and oxygen atoms in total. The minimum absolute atomic E-state index is 0.0755. The van der Waals surface area contributed by atoms with Crippen molar-refractivity contribution in [2.24, 2.45) is 0 Å². The van der Waals surface area contributed by atoms with Crippen molar-refractivity contribution >= 4 is 27.9 Å². The number of benzene rings is 2. The molecule has 2 aromatic carbocycles. The van der Waals surface area contributed by atoms with Gasteiger partial charge in [0.25, 0.3) is 11.5 Å². The van der Waals surface area contributed by atoms with Gasteiger partial charge < -0.3 is 10.1 Å². The molecule has 146 valence electrons. The fourth-order valence-electron chi connectivity index (χ4n) is 2.78. The van der Waals surface area contributed by atoms with Crippen molar-refractivity contribution in [3.05, 3.63) is 93.1 Å². The maximum Gasteiger partial charge on any atom is 0.258 e. The molecule has 0 fully saturated rings. The van der Waals surface area contributed by atoms with Gasteiger partial charge in [-0.3, -0.25) is 14.0 Å². The zero-order valence-corrected chi connectivity index (χ0v) is 16.2. The number of amides is 1. The highest BCUT2D eigenvalue weighted by Crippen LogP contribution is 2.25. The first-order valence-electron chi connectivity index (χ1n) is 8.77. The Balaban J connectivity index is 1.52. The van der Waals surface area contributed by atoms with Crippen molar-refractivity contribution in [3.8, 4) is 5.75 Å². The van der Waals surface area contributed by atoms with E-state index in [4.69, 9.17) is 4.74 Å². The third kappa shape index (κ3) is 4.17. The van der Waals surface area contributed by atoms with Crippen molar-refractivity contribution in [3.63, 3.8) is 0 Å². The number of para-hydroxylation sites is 2. The molecule has 0 saturated heterocycles. The number of rotatable bonds is 5. The lowest BCUT2D eigenvalue weighted by molar-refractivity contribution is 0.102. The number of anilines is 1. The Morgan fingerprint density at radius 3 is 2.76 bits per heavy atom. The summed E-state index contributed by atoms with van der Waals surface area (Å²) in [7, 11) is 0. The Kier molecular flexibility index (Phi) is 5.09. The molecule has 0 aliphatic heterocycles. The van der Waals surface area contributed by atoms with E-state index in [2.05, 4.69) is 10.3 Å². The molecule has 1 amide bonds. The summed E-state index contributed by atoms with van der Waals surface area (Å²) in [6.07, 6.45) is 1.75. The molecule has 4 aromatic rings. The van der Waals surface area contributed by atoms with Crippen LogP contribution in [-0.2, 0) is 6.61 Å². The fraction of sp³-hybridized carbons (Fsp3) is 0.0952. The van der Waals surface area contributed by atoms with Crippen LogP contribution in [0.5, 0.6) is 5.75 Å². The molecule has 0 saturated carbocycles. The molecule has 8 heteroatoms. The van der Waals surface area contributed by atoms with Gasteiger partial charge in [-0.15, -0.1) is 11.3 Å². The maximum atomic E-state index is 13.0. The smallest absolute Gasteiger partial charge is 0.258 e. The summed E-state index contributed by atoms with van der Waals surface area (Å²) in [6, 6.07) is 13.6. The van der Waals surface area contributed by atoms with Gasteiger partial charge in [0, 0.05) is 22.7 Å². The van der Waals surface area contributed by atoms with E-state index < -0.39 is 5.82 Å². The number of nitrogens with one attached hydrogen (secondary N) is 1. The minimum atomic E-state index is -0.411. The number of hydrogen-bond acceptors (Lipinski definition) is 5. The van der Waals surface area contributed by atoms with Gasteiger partial charge in [0.15, 0.2) is 4.96 Å². The third-order valence-corrected chi connectivity index (χ3v) is 5.05. The van der Waals surface area contributed by atoms with E-state index in [1.54, 1.807) is 30.5 Å². The van der Waals surface area contributed by atoms with Gasteiger partial charge in [-0.25, -0.2) is 9.37 Å². The van der Waals surface area contributed by atoms with Crippen LogP contribution in [-0.4, -0.2) is 15.3 Å². The SMILES string of the molecule is Cc1cn2c(=O)cc(COc3ccccc3NC(=O)c3ccc(F)cc3)nc2s1. The lowest BCUT2D eigenvalue weighted by Crippen LogP contribution is -2.15. The Morgan fingerprint density at radius 2 is 1.97 bits per heavy atom. The molecular formula is C21H16FN3O3S. The van der Waals surface area contributed by atoms with Crippen molar-refractivity contribution in [1.82, 2.24) is 9.38 Å². The highest BCUT2D eigenvalue weighted by atomic mass is 32.1. The van der Waals surface area contributed by atoms with Gasteiger partial charge in [-0.05, 0) is 43.3 Å². The highest BCUT2D eigenvalue weighted by molar-refractivity contribution is 7.16. The van der Waals surface area contributed by atoms with Crippen LogP contribution >= 0.6 is 11.3 Å². The number of carbonyl (C=O) groups excluding carboxylic acids is 1. The molecule has 0 aliphatic carbocycles. The van der Waals surface area contributed by atoms with E-state index in [0.717, 1.165) is 4.88 Å². The van der Waals surface area contributed by atoms with E-state index in [1.165, 1.54) is 46.1 Å². The van der Waals surface area contributed by atoms with Crippen LogP contribution in [0.2, 0.25) is 0 Å². The number of halogens is 1. The fourth-order valence-corrected chi connectivity index (χ4v) is 3.63. The molecular weight excluding hydrogens is 393 g/mol. The summed E-state index contributed by atoms with van der Waals surface area (Å²) >= 11 is 1.42. The van der Waals surface area contributed by atoms with E-state index in [-0.39, 0.29) is 18.1 Å². The second-order valence-corrected chi connectivity index (χ2v) is 7.54. The average molecular weight is 409 g/mol. The standard InChI is InChI=1S/C21H16FN3O3S/c1-13-11-25-19(26)10-16(23-21(25)29-13)12-28-18-5-3-2-4-17(18)24-20(27)14-6-8-15(22)9-7-14/h2-11H,12H2,1H3,(H,24,27). The molecule has 0 radical (unpaired) electrons. The number of carbonyl (C=O) groups is 1. The largest absolute Gasteiger partial charge is 0.485 e. The van der Waals surface area contributed by atoms with Crippen LogP contribution in [0.1, 0.15) is 20.9 Å². The number of ether oxygens (including phenoxy) is 1. The van der Waals surface area contributed by atoms with Crippen molar-refractivity contribution in [2.75, 3.05) is 5.32 Å². The summed E-state index contributed by atoms with van der Waals surface area (Å²) in [5, 5.41) is 2.76. The number of hydrogen-bond donors (Lipinski definition) is 1. The van der Waals surface area contributed by atoms with Crippen LogP contribution in [0.4, 0.5) is 10.1 Å².